The van der Waals surface area contributed by atoms with Gasteiger partial charge >= 0.3 is 19.5 Å². The van der Waals surface area contributed by atoms with Crippen molar-refractivity contribution in [2.24, 2.45) is 0 Å². The number of hydrogen-bond donors (Lipinski definition) is 0. The van der Waals surface area contributed by atoms with E-state index in [1.807, 2.05) is 42.8 Å². The molecule has 5 heteroatoms. The van der Waals surface area contributed by atoms with Crippen LogP contribution in [0.4, 0.5) is 17.1 Å². The molecule has 45 heavy (non-hydrogen) atoms. The zero-order valence-corrected chi connectivity index (χ0v) is 28.0. The van der Waals surface area contributed by atoms with Crippen molar-refractivity contribution in [2.45, 2.75) is 27.7 Å². The molecule has 1 aliphatic heterocycles. The van der Waals surface area contributed by atoms with Gasteiger partial charge in [0.15, 0.2) is 0 Å². The number of aryl methyl sites for hydroxylation is 3. The molecular weight excluding hydrogens is 639 g/mol. The van der Waals surface area contributed by atoms with Gasteiger partial charge in [-0.3, -0.25) is 4.68 Å². The van der Waals surface area contributed by atoms with E-state index in [4.69, 9.17) is 0 Å². The molecule has 0 spiro atoms. The molecule has 2 heterocycles. The van der Waals surface area contributed by atoms with Gasteiger partial charge in [-0.05, 0) is 74.0 Å². The Morgan fingerprint density at radius 3 is 1.98 bits per heavy atom. The average Bonchev–Trinajstić information content (AvgIpc) is 3.56. The first-order valence-corrected chi connectivity index (χ1v) is 14.9. The van der Waals surface area contributed by atoms with Gasteiger partial charge in [-0.25, -0.2) is 0 Å². The summed E-state index contributed by atoms with van der Waals surface area (Å²) in [6.45, 7) is 15.0. The molecule has 0 bridgehead atoms. The summed E-state index contributed by atoms with van der Waals surface area (Å²) in [6.07, 6.45) is 0. The van der Waals surface area contributed by atoms with Crippen LogP contribution in [-0.2, 0) is 19.5 Å². The summed E-state index contributed by atoms with van der Waals surface area (Å²) >= 11 is 0. The molecule has 0 saturated carbocycles. The molecule has 0 atom stereocenters. The maximum Gasteiger partial charge on any atom is 3.00 e. The number of rotatable bonds is 4. The minimum atomic E-state index is 0. The van der Waals surface area contributed by atoms with Crippen molar-refractivity contribution in [1.82, 2.24) is 9.78 Å². The van der Waals surface area contributed by atoms with Crippen LogP contribution in [0.1, 0.15) is 28.1 Å². The Labute approximate surface area is 280 Å². The largest absolute Gasteiger partial charge is 3.00 e. The van der Waals surface area contributed by atoms with Crippen molar-refractivity contribution >= 4 is 17.1 Å². The fraction of sp³-hybridized carbons (Fsp3) is 0.125. The average molecular weight is 677 g/mol. The Balaban J connectivity index is 0.000000240. The molecule has 1 aromatic heterocycles. The summed E-state index contributed by atoms with van der Waals surface area (Å²) in [5.41, 5.74) is 15.2. The van der Waals surface area contributed by atoms with E-state index in [-0.39, 0.29) is 19.5 Å². The fourth-order valence-corrected chi connectivity index (χ4v) is 6.13. The number of benzene rings is 5. The van der Waals surface area contributed by atoms with Gasteiger partial charge in [-0.2, -0.15) is 54.6 Å². The van der Waals surface area contributed by atoms with Crippen LogP contribution in [-0.4, -0.2) is 16.8 Å². The topological polar surface area (TPSA) is 24.3 Å². The molecule has 0 amide bonds. The van der Waals surface area contributed by atoms with Crippen molar-refractivity contribution < 1.29 is 19.5 Å². The van der Waals surface area contributed by atoms with E-state index in [0.29, 0.717) is 0 Å². The second-order valence-electron chi connectivity index (χ2n) is 11.3. The van der Waals surface area contributed by atoms with Crippen molar-refractivity contribution in [1.29, 1.82) is 0 Å². The maximum atomic E-state index is 4.39. The Kier molecular flexibility index (Phi) is 9.61. The molecule has 0 radical (unpaired) electrons. The summed E-state index contributed by atoms with van der Waals surface area (Å²) in [6, 6.07) is 43.2. The molecule has 6 aromatic rings. The van der Waals surface area contributed by atoms with Crippen molar-refractivity contribution in [3.8, 4) is 27.9 Å². The van der Waals surface area contributed by atoms with E-state index in [9.17, 15) is 0 Å². The first-order valence-electron chi connectivity index (χ1n) is 14.9. The third kappa shape index (κ3) is 6.46. The predicted octanol–water partition coefficient (Wildman–Crippen LogP) is 9.81. The van der Waals surface area contributed by atoms with E-state index >= 15 is 0 Å². The van der Waals surface area contributed by atoms with Crippen LogP contribution in [0.5, 0.6) is 0 Å². The van der Waals surface area contributed by atoms with Gasteiger partial charge in [-0.15, -0.1) is 6.07 Å². The first kappa shape index (κ1) is 31.8. The normalized spacial score (nSPS) is 11.8. The van der Waals surface area contributed by atoms with Gasteiger partial charge in [0.25, 0.3) is 0 Å². The van der Waals surface area contributed by atoms with Crippen LogP contribution >= 0.6 is 0 Å². The van der Waals surface area contributed by atoms with Crippen LogP contribution in [0.3, 0.4) is 0 Å². The van der Waals surface area contributed by atoms with Crippen molar-refractivity contribution in [3.05, 3.63) is 163 Å². The summed E-state index contributed by atoms with van der Waals surface area (Å²) in [4.78, 5) is 4.44. The smallest absolute Gasteiger partial charge is 0.526 e. The Morgan fingerprint density at radius 1 is 0.711 bits per heavy atom. The standard InChI is InChI=1S/C29H26N2.C11H11N2.Rh/c1-20-18-21(2)29(31-19-30(4)26-12-8-9-13-27(26)31)22(3)28(20)25-16-14-24(15-17-25)23-10-6-5-7-11-23;1-9-8-10(2)13(12-9)11-6-4-3-5-7-11;/h5-19H,2H2,1,3-4H3;3-6,8H,1-2H3;/q-2;-1;+3. The van der Waals surface area contributed by atoms with E-state index in [2.05, 4.69) is 146 Å². The molecule has 4 nitrogen and oxygen atoms in total. The van der Waals surface area contributed by atoms with Crippen LogP contribution in [0.2, 0.25) is 0 Å². The van der Waals surface area contributed by atoms with E-state index in [1.54, 1.807) is 0 Å². The third-order valence-corrected chi connectivity index (χ3v) is 8.08. The van der Waals surface area contributed by atoms with Crippen LogP contribution in [0.25, 0.3) is 27.9 Å². The quantitative estimate of drug-likeness (QED) is 0.137. The van der Waals surface area contributed by atoms with Gasteiger partial charge < -0.3 is 9.80 Å². The summed E-state index contributed by atoms with van der Waals surface area (Å²) < 4.78 is 1.90. The number of aromatic nitrogens is 2. The number of anilines is 3. The van der Waals surface area contributed by atoms with Gasteiger partial charge in [-0.1, -0.05) is 90.5 Å². The molecule has 1 aliphatic rings. The first-order chi connectivity index (χ1) is 21.3. The van der Waals surface area contributed by atoms with E-state index < -0.39 is 0 Å². The number of nitrogens with zero attached hydrogens (tertiary/aromatic N) is 4. The minimum Gasteiger partial charge on any atom is -0.526 e. The zero-order valence-electron chi connectivity index (χ0n) is 26.4. The Morgan fingerprint density at radius 2 is 1.33 bits per heavy atom. The second-order valence-corrected chi connectivity index (χ2v) is 11.3. The molecule has 0 aliphatic carbocycles. The third-order valence-electron chi connectivity index (χ3n) is 8.08. The van der Waals surface area contributed by atoms with Gasteiger partial charge in [0, 0.05) is 17.1 Å². The van der Waals surface area contributed by atoms with Crippen molar-refractivity contribution in [3.63, 3.8) is 0 Å². The van der Waals surface area contributed by atoms with Gasteiger partial charge in [0.2, 0.25) is 0 Å². The minimum absolute atomic E-state index is 0. The molecule has 5 aromatic carbocycles. The molecule has 0 fully saturated rings. The Hall–Kier alpha value is -4.60. The SMILES string of the molecule is Cc1cc(C)n(-c2[c-]cccc2)n1.[CH2-]c1cc(C)c(-c2ccc(-c3ccccc3)cc2)c(C)c1N1[CH-]N(C)c2ccccc21.[Rh+3]. The van der Waals surface area contributed by atoms with E-state index in [0.717, 1.165) is 28.3 Å². The monoisotopic (exact) mass is 676 g/mol. The number of hydrogen-bond acceptors (Lipinski definition) is 3. The fourth-order valence-electron chi connectivity index (χ4n) is 6.13. The van der Waals surface area contributed by atoms with Crippen LogP contribution in [0.15, 0.2) is 115 Å². The maximum absolute atomic E-state index is 4.39. The number of para-hydroxylation sites is 3. The molecule has 0 N–H and O–H groups in total. The van der Waals surface area contributed by atoms with E-state index in [1.165, 1.54) is 44.8 Å². The van der Waals surface area contributed by atoms with Gasteiger partial charge in [0.05, 0.1) is 5.69 Å². The molecule has 0 unspecified atom stereocenters. The molecule has 226 valence electrons. The second kappa shape index (κ2) is 13.6. The Bertz CT molecular complexity index is 1890. The predicted molar refractivity (Wildman–Crippen MR) is 184 cm³/mol. The number of fused-ring (bicyclic) bond motifs is 1. The van der Waals surface area contributed by atoms with Crippen LogP contribution < -0.4 is 9.80 Å². The van der Waals surface area contributed by atoms with Crippen molar-refractivity contribution in [2.75, 3.05) is 16.8 Å². The molecule has 0 saturated heterocycles. The summed E-state index contributed by atoms with van der Waals surface area (Å²) in [7, 11) is 2.09. The molecular formula is C40H37N4Rh. The van der Waals surface area contributed by atoms with Crippen LogP contribution in [0, 0.1) is 47.4 Å². The van der Waals surface area contributed by atoms with Gasteiger partial charge in [0.1, 0.15) is 0 Å². The molecule has 7 rings (SSSR count). The summed E-state index contributed by atoms with van der Waals surface area (Å²) in [5.74, 6) is 0. The zero-order chi connectivity index (χ0) is 30.8. The summed E-state index contributed by atoms with van der Waals surface area (Å²) in [5, 5.41) is 4.37.